The molecule has 1 atom stereocenters. The number of nitrogens with zero attached hydrogens (tertiary/aromatic N) is 1. The fourth-order valence-electron chi connectivity index (χ4n) is 2.28. The van der Waals surface area contributed by atoms with Gasteiger partial charge in [-0.05, 0) is 55.2 Å². The van der Waals surface area contributed by atoms with E-state index in [0.717, 1.165) is 5.75 Å². The van der Waals surface area contributed by atoms with E-state index >= 15 is 0 Å². The Bertz CT molecular complexity index is 591. The zero-order valence-electron chi connectivity index (χ0n) is 12.4. The third kappa shape index (κ3) is 3.17. The van der Waals surface area contributed by atoms with Gasteiger partial charge in [0.25, 0.3) is 0 Å². The maximum atomic E-state index is 9.73. The Kier molecular flexibility index (Phi) is 4.40. The quantitative estimate of drug-likeness (QED) is 0.898. The molecule has 1 N–H and O–H groups in total. The van der Waals surface area contributed by atoms with Crippen LogP contribution in [-0.4, -0.2) is 10.1 Å². The topological polar surface area (TPSA) is 42.4 Å². The molecule has 0 aliphatic rings. The average molecular weight is 271 g/mol. The van der Waals surface area contributed by atoms with Gasteiger partial charge in [0.15, 0.2) is 0 Å². The van der Waals surface area contributed by atoms with Crippen LogP contribution in [0, 0.1) is 6.92 Å². The Labute approximate surface area is 120 Å². The summed E-state index contributed by atoms with van der Waals surface area (Å²) in [5.74, 6) is 1.69. The van der Waals surface area contributed by atoms with Crippen LogP contribution in [0.3, 0.4) is 0 Å². The fourth-order valence-corrected chi connectivity index (χ4v) is 2.28. The van der Waals surface area contributed by atoms with Gasteiger partial charge in [-0.15, -0.1) is 0 Å². The van der Waals surface area contributed by atoms with Gasteiger partial charge in [-0.1, -0.05) is 19.9 Å². The van der Waals surface area contributed by atoms with Gasteiger partial charge in [-0.2, -0.15) is 0 Å². The van der Waals surface area contributed by atoms with Crippen LogP contribution in [0.25, 0.3) is 0 Å². The number of rotatable bonds is 4. The molecule has 1 heterocycles. The molecule has 2 aromatic rings. The molecule has 0 radical (unpaired) electrons. The first-order valence-corrected chi connectivity index (χ1v) is 6.90. The number of pyridine rings is 1. The number of hydrogen-bond donors (Lipinski definition) is 1. The fraction of sp³-hybridized carbons (Fsp3) is 0.353. The van der Waals surface area contributed by atoms with Gasteiger partial charge in [0, 0.05) is 11.8 Å². The highest BCUT2D eigenvalue weighted by Crippen LogP contribution is 2.29. The van der Waals surface area contributed by atoms with Crippen LogP contribution >= 0.6 is 0 Å². The number of aliphatic hydroxyl groups excluding tert-OH is 1. The van der Waals surface area contributed by atoms with Crippen molar-refractivity contribution in [3.63, 3.8) is 0 Å². The highest BCUT2D eigenvalue weighted by Gasteiger charge is 2.11. The van der Waals surface area contributed by atoms with Gasteiger partial charge in [0.2, 0.25) is 5.88 Å². The molecule has 2 rings (SSSR count). The number of hydrogen-bond acceptors (Lipinski definition) is 3. The molecule has 0 saturated heterocycles. The van der Waals surface area contributed by atoms with E-state index in [1.807, 2.05) is 18.2 Å². The van der Waals surface area contributed by atoms with Crippen LogP contribution in [0.1, 0.15) is 49.5 Å². The first kappa shape index (κ1) is 14.5. The number of benzene rings is 1. The minimum atomic E-state index is -0.602. The van der Waals surface area contributed by atoms with Gasteiger partial charge in [0.1, 0.15) is 5.75 Å². The van der Waals surface area contributed by atoms with E-state index in [4.69, 9.17) is 4.74 Å². The summed E-state index contributed by atoms with van der Waals surface area (Å²) in [6.45, 7) is 8.13. The highest BCUT2D eigenvalue weighted by atomic mass is 16.5. The Morgan fingerprint density at radius 1 is 1.10 bits per heavy atom. The number of aromatic nitrogens is 1. The summed E-state index contributed by atoms with van der Waals surface area (Å²) in [6, 6.07) is 9.66. The van der Waals surface area contributed by atoms with Crippen LogP contribution in [0.2, 0.25) is 0 Å². The molecule has 0 aliphatic heterocycles. The Morgan fingerprint density at radius 2 is 1.85 bits per heavy atom. The molecule has 0 saturated carbocycles. The van der Waals surface area contributed by atoms with E-state index in [9.17, 15) is 5.11 Å². The minimum Gasteiger partial charge on any atom is -0.439 e. The molecule has 1 unspecified atom stereocenters. The van der Waals surface area contributed by atoms with Crippen molar-refractivity contribution in [3.05, 3.63) is 53.2 Å². The largest absolute Gasteiger partial charge is 0.439 e. The first-order chi connectivity index (χ1) is 9.49. The molecule has 1 aromatic heterocycles. The molecule has 20 heavy (non-hydrogen) atoms. The van der Waals surface area contributed by atoms with Crippen molar-refractivity contribution >= 4 is 0 Å². The van der Waals surface area contributed by atoms with Crippen LogP contribution in [0.15, 0.2) is 36.5 Å². The SMILES string of the molecule is Cc1cc(Oc2ncccc2C(C)O)ccc1C(C)C. The van der Waals surface area contributed by atoms with Gasteiger partial charge in [0.05, 0.1) is 6.10 Å². The van der Waals surface area contributed by atoms with Crippen molar-refractivity contribution in [2.75, 3.05) is 0 Å². The molecule has 0 spiro atoms. The normalized spacial score (nSPS) is 12.5. The van der Waals surface area contributed by atoms with Gasteiger partial charge in [-0.25, -0.2) is 4.98 Å². The lowest BCUT2D eigenvalue weighted by atomic mass is 9.98. The van der Waals surface area contributed by atoms with E-state index in [1.54, 1.807) is 19.2 Å². The molecule has 3 nitrogen and oxygen atoms in total. The third-order valence-electron chi connectivity index (χ3n) is 3.33. The van der Waals surface area contributed by atoms with E-state index < -0.39 is 6.10 Å². The maximum Gasteiger partial charge on any atom is 0.225 e. The van der Waals surface area contributed by atoms with Crippen molar-refractivity contribution in [1.82, 2.24) is 4.98 Å². The van der Waals surface area contributed by atoms with E-state index in [1.165, 1.54) is 11.1 Å². The predicted octanol–water partition coefficient (Wildman–Crippen LogP) is 4.36. The lowest BCUT2D eigenvalue weighted by molar-refractivity contribution is 0.194. The first-order valence-electron chi connectivity index (χ1n) is 6.90. The second-order valence-corrected chi connectivity index (χ2v) is 5.35. The number of aliphatic hydroxyl groups is 1. The van der Waals surface area contributed by atoms with Crippen LogP contribution in [-0.2, 0) is 0 Å². The van der Waals surface area contributed by atoms with Crippen molar-refractivity contribution < 1.29 is 9.84 Å². The summed E-state index contributed by atoms with van der Waals surface area (Å²) in [6.07, 6.45) is 1.06. The minimum absolute atomic E-state index is 0.458. The zero-order valence-corrected chi connectivity index (χ0v) is 12.4. The molecule has 0 amide bonds. The van der Waals surface area contributed by atoms with Crippen LogP contribution in [0.5, 0.6) is 11.6 Å². The van der Waals surface area contributed by atoms with Gasteiger partial charge >= 0.3 is 0 Å². The Morgan fingerprint density at radius 3 is 2.45 bits per heavy atom. The zero-order chi connectivity index (χ0) is 14.7. The standard InChI is InChI=1S/C17H21NO2/c1-11(2)15-8-7-14(10-12(15)3)20-17-16(13(4)19)6-5-9-18-17/h5-11,13,19H,1-4H3. The summed E-state index contributed by atoms with van der Waals surface area (Å²) in [5.41, 5.74) is 3.21. The van der Waals surface area contributed by atoms with Gasteiger partial charge < -0.3 is 9.84 Å². The second-order valence-electron chi connectivity index (χ2n) is 5.35. The van der Waals surface area contributed by atoms with Crippen LogP contribution < -0.4 is 4.74 Å². The molecule has 0 aliphatic carbocycles. The lowest BCUT2D eigenvalue weighted by Crippen LogP contribution is -1.99. The Balaban J connectivity index is 2.29. The number of aryl methyl sites for hydroxylation is 1. The summed E-state index contributed by atoms with van der Waals surface area (Å²) in [7, 11) is 0. The average Bonchev–Trinajstić information content (AvgIpc) is 2.38. The number of ether oxygens (including phenoxy) is 1. The smallest absolute Gasteiger partial charge is 0.225 e. The molecular weight excluding hydrogens is 250 g/mol. The van der Waals surface area contributed by atoms with Crippen molar-refractivity contribution in [3.8, 4) is 11.6 Å². The van der Waals surface area contributed by atoms with Crippen molar-refractivity contribution in [2.24, 2.45) is 0 Å². The maximum absolute atomic E-state index is 9.73. The molecule has 3 heteroatoms. The monoisotopic (exact) mass is 271 g/mol. The summed E-state index contributed by atoms with van der Waals surface area (Å²) in [5, 5.41) is 9.73. The van der Waals surface area contributed by atoms with E-state index in [-0.39, 0.29) is 0 Å². The molecule has 1 aromatic carbocycles. The summed E-state index contributed by atoms with van der Waals surface area (Å²) < 4.78 is 5.82. The van der Waals surface area contributed by atoms with Crippen LogP contribution in [0.4, 0.5) is 0 Å². The lowest BCUT2D eigenvalue weighted by Gasteiger charge is -2.14. The van der Waals surface area contributed by atoms with Crippen molar-refractivity contribution in [2.45, 2.75) is 39.7 Å². The molecular formula is C17H21NO2. The Hall–Kier alpha value is -1.87. The van der Waals surface area contributed by atoms with Gasteiger partial charge in [-0.3, -0.25) is 0 Å². The molecule has 0 bridgehead atoms. The van der Waals surface area contributed by atoms with E-state index in [0.29, 0.717) is 17.4 Å². The predicted molar refractivity (Wildman–Crippen MR) is 80.2 cm³/mol. The third-order valence-corrected chi connectivity index (χ3v) is 3.33. The second kappa shape index (κ2) is 6.06. The van der Waals surface area contributed by atoms with Crippen molar-refractivity contribution in [1.29, 1.82) is 0 Å². The van der Waals surface area contributed by atoms with E-state index in [2.05, 4.69) is 31.8 Å². The summed E-state index contributed by atoms with van der Waals surface area (Å²) >= 11 is 0. The highest BCUT2D eigenvalue weighted by molar-refractivity contribution is 5.39. The molecule has 0 fully saturated rings. The molecule has 106 valence electrons. The summed E-state index contributed by atoms with van der Waals surface area (Å²) in [4.78, 5) is 4.20.